The second-order valence-electron chi connectivity index (χ2n) is 5.18. The third-order valence-corrected chi connectivity index (χ3v) is 3.77. The minimum Gasteiger partial charge on any atom is -0.327 e. The highest BCUT2D eigenvalue weighted by Gasteiger charge is 2.26. The molecule has 98 valence electrons. The lowest BCUT2D eigenvalue weighted by atomic mass is 9.88. The minimum atomic E-state index is -0.266. The summed E-state index contributed by atoms with van der Waals surface area (Å²) in [5.41, 5.74) is 6.95. The Balaban J connectivity index is 1.99. The van der Waals surface area contributed by atoms with Gasteiger partial charge >= 0.3 is 0 Å². The van der Waals surface area contributed by atoms with E-state index in [-0.39, 0.29) is 23.6 Å². The van der Waals surface area contributed by atoms with E-state index in [0.29, 0.717) is 6.42 Å². The Kier molecular flexibility index (Phi) is 4.48. The van der Waals surface area contributed by atoms with E-state index in [2.05, 4.69) is 0 Å². The van der Waals surface area contributed by atoms with Gasteiger partial charge in [-0.25, -0.2) is 4.39 Å². The first-order valence-corrected chi connectivity index (χ1v) is 6.69. The molecule has 2 atom stereocenters. The van der Waals surface area contributed by atoms with Crippen LogP contribution in [-0.4, -0.2) is 11.8 Å². The zero-order valence-corrected chi connectivity index (χ0v) is 10.6. The lowest BCUT2D eigenvalue weighted by molar-refractivity contribution is -0.123. The molecule has 0 radical (unpaired) electrons. The normalized spacial score (nSPS) is 24.6. The molecule has 1 aliphatic rings. The number of carbonyl (C=O) groups is 1. The first-order chi connectivity index (χ1) is 8.66. The van der Waals surface area contributed by atoms with Crippen molar-refractivity contribution >= 4 is 5.78 Å². The van der Waals surface area contributed by atoms with E-state index in [0.717, 1.165) is 31.2 Å². The summed E-state index contributed by atoms with van der Waals surface area (Å²) >= 11 is 0. The summed E-state index contributed by atoms with van der Waals surface area (Å²) in [6, 6.07) is 6.15. The molecule has 1 saturated carbocycles. The van der Waals surface area contributed by atoms with Gasteiger partial charge in [-0.3, -0.25) is 4.79 Å². The fourth-order valence-electron chi connectivity index (χ4n) is 2.67. The van der Waals surface area contributed by atoms with E-state index in [1.54, 1.807) is 12.1 Å². The second-order valence-corrected chi connectivity index (χ2v) is 5.18. The van der Waals surface area contributed by atoms with Crippen molar-refractivity contribution < 1.29 is 9.18 Å². The highest BCUT2D eigenvalue weighted by atomic mass is 19.1. The van der Waals surface area contributed by atoms with Crippen molar-refractivity contribution in [2.45, 2.75) is 44.6 Å². The summed E-state index contributed by atoms with van der Waals surface area (Å²) in [4.78, 5) is 12.2. The molecular formula is C15H20FNO. The molecule has 2 unspecified atom stereocenters. The van der Waals surface area contributed by atoms with Gasteiger partial charge in [0.25, 0.3) is 0 Å². The summed E-state index contributed by atoms with van der Waals surface area (Å²) in [5.74, 6) is -0.0778. The zero-order valence-electron chi connectivity index (χ0n) is 10.6. The molecule has 0 aliphatic heterocycles. The topological polar surface area (TPSA) is 43.1 Å². The van der Waals surface area contributed by atoms with Crippen LogP contribution in [0.4, 0.5) is 4.39 Å². The minimum absolute atomic E-state index is 0.000415. The van der Waals surface area contributed by atoms with Crippen molar-refractivity contribution in [3.05, 3.63) is 35.6 Å². The molecule has 2 rings (SSSR count). The fourth-order valence-corrected chi connectivity index (χ4v) is 2.67. The Morgan fingerprint density at radius 3 is 2.56 bits per heavy atom. The van der Waals surface area contributed by atoms with Crippen molar-refractivity contribution in [2.24, 2.45) is 11.7 Å². The third-order valence-electron chi connectivity index (χ3n) is 3.77. The standard InChI is InChI=1S/C15H20FNO/c16-12-8-6-11(7-9-12)10-15(18)13-4-2-1-3-5-14(13)17/h6-9,13-14H,1-5,10,17H2. The number of hydrogen-bond donors (Lipinski definition) is 1. The summed E-state index contributed by atoms with van der Waals surface area (Å²) < 4.78 is 12.8. The zero-order chi connectivity index (χ0) is 13.0. The number of rotatable bonds is 3. The SMILES string of the molecule is NC1CCCCCC1C(=O)Cc1ccc(F)cc1. The van der Waals surface area contributed by atoms with Crippen LogP contribution in [0.1, 0.15) is 37.7 Å². The maximum Gasteiger partial charge on any atom is 0.141 e. The highest BCUT2D eigenvalue weighted by molar-refractivity contribution is 5.83. The van der Waals surface area contributed by atoms with E-state index in [4.69, 9.17) is 5.73 Å². The van der Waals surface area contributed by atoms with Gasteiger partial charge in [0, 0.05) is 18.4 Å². The molecule has 0 spiro atoms. The van der Waals surface area contributed by atoms with Crippen LogP contribution in [0.3, 0.4) is 0 Å². The summed E-state index contributed by atoms with van der Waals surface area (Å²) in [5, 5.41) is 0. The van der Waals surface area contributed by atoms with Crippen molar-refractivity contribution in [1.82, 2.24) is 0 Å². The Morgan fingerprint density at radius 2 is 1.83 bits per heavy atom. The van der Waals surface area contributed by atoms with Crippen LogP contribution in [-0.2, 0) is 11.2 Å². The van der Waals surface area contributed by atoms with E-state index in [1.807, 2.05) is 0 Å². The van der Waals surface area contributed by atoms with Crippen LogP contribution in [0, 0.1) is 11.7 Å². The predicted octanol–water partition coefficient (Wildman–Crippen LogP) is 2.84. The number of Topliss-reactive ketones (excluding diaryl/α,β-unsaturated/α-hetero) is 1. The molecule has 2 N–H and O–H groups in total. The molecule has 0 aromatic heterocycles. The fraction of sp³-hybridized carbons (Fsp3) is 0.533. The average Bonchev–Trinajstić information content (AvgIpc) is 2.57. The first-order valence-electron chi connectivity index (χ1n) is 6.69. The molecule has 1 fully saturated rings. The number of benzene rings is 1. The molecule has 0 heterocycles. The molecule has 18 heavy (non-hydrogen) atoms. The Labute approximate surface area is 107 Å². The molecule has 2 nitrogen and oxygen atoms in total. The Hall–Kier alpha value is -1.22. The molecule has 3 heteroatoms. The second kappa shape index (κ2) is 6.10. The van der Waals surface area contributed by atoms with Crippen LogP contribution < -0.4 is 5.73 Å². The molecule has 1 aromatic rings. The van der Waals surface area contributed by atoms with E-state index in [9.17, 15) is 9.18 Å². The van der Waals surface area contributed by atoms with Gasteiger partial charge in [-0.05, 0) is 30.5 Å². The molecule has 0 saturated heterocycles. The van der Waals surface area contributed by atoms with E-state index in [1.165, 1.54) is 18.6 Å². The lowest BCUT2D eigenvalue weighted by Gasteiger charge is -2.19. The largest absolute Gasteiger partial charge is 0.327 e. The van der Waals surface area contributed by atoms with Crippen LogP contribution in [0.5, 0.6) is 0 Å². The van der Waals surface area contributed by atoms with Gasteiger partial charge in [0.15, 0.2) is 0 Å². The van der Waals surface area contributed by atoms with Gasteiger partial charge in [0.2, 0.25) is 0 Å². The quantitative estimate of drug-likeness (QED) is 0.837. The van der Waals surface area contributed by atoms with Gasteiger partial charge in [0.05, 0.1) is 0 Å². The van der Waals surface area contributed by atoms with Crippen molar-refractivity contribution in [1.29, 1.82) is 0 Å². The van der Waals surface area contributed by atoms with E-state index < -0.39 is 0 Å². The Bertz CT molecular complexity index is 401. The van der Waals surface area contributed by atoms with Gasteiger partial charge in [-0.15, -0.1) is 0 Å². The van der Waals surface area contributed by atoms with Crippen LogP contribution in [0.2, 0.25) is 0 Å². The van der Waals surface area contributed by atoms with Gasteiger partial charge < -0.3 is 5.73 Å². The predicted molar refractivity (Wildman–Crippen MR) is 69.7 cm³/mol. The molecular weight excluding hydrogens is 229 g/mol. The van der Waals surface area contributed by atoms with Crippen LogP contribution in [0.25, 0.3) is 0 Å². The van der Waals surface area contributed by atoms with Crippen molar-refractivity contribution in [2.75, 3.05) is 0 Å². The van der Waals surface area contributed by atoms with Gasteiger partial charge in [-0.2, -0.15) is 0 Å². The number of carbonyl (C=O) groups excluding carboxylic acids is 1. The van der Waals surface area contributed by atoms with Crippen LogP contribution >= 0.6 is 0 Å². The average molecular weight is 249 g/mol. The third kappa shape index (κ3) is 3.39. The van der Waals surface area contributed by atoms with Gasteiger partial charge in [-0.1, -0.05) is 31.4 Å². The van der Waals surface area contributed by atoms with Crippen LogP contribution in [0.15, 0.2) is 24.3 Å². The number of ketones is 1. The Morgan fingerprint density at radius 1 is 1.17 bits per heavy atom. The number of halogens is 1. The highest BCUT2D eigenvalue weighted by Crippen LogP contribution is 2.24. The maximum absolute atomic E-state index is 12.8. The first kappa shape index (κ1) is 13.2. The monoisotopic (exact) mass is 249 g/mol. The summed E-state index contributed by atoms with van der Waals surface area (Å²) in [6.07, 6.45) is 5.61. The number of hydrogen-bond acceptors (Lipinski definition) is 2. The van der Waals surface area contributed by atoms with Crippen molar-refractivity contribution in [3.63, 3.8) is 0 Å². The molecule has 1 aliphatic carbocycles. The smallest absolute Gasteiger partial charge is 0.141 e. The number of nitrogens with two attached hydrogens (primary N) is 1. The van der Waals surface area contributed by atoms with Crippen molar-refractivity contribution in [3.8, 4) is 0 Å². The molecule has 1 aromatic carbocycles. The summed E-state index contributed by atoms with van der Waals surface area (Å²) in [6.45, 7) is 0. The lowest BCUT2D eigenvalue weighted by Crippen LogP contribution is -2.35. The maximum atomic E-state index is 12.8. The molecule has 0 bridgehead atoms. The van der Waals surface area contributed by atoms with E-state index >= 15 is 0 Å². The summed E-state index contributed by atoms with van der Waals surface area (Å²) in [7, 11) is 0. The van der Waals surface area contributed by atoms with Gasteiger partial charge in [0.1, 0.15) is 11.6 Å². The molecule has 0 amide bonds.